The minimum Gasteiger partial charge on any atom is -0.334 e. The Morgan fingerprint density at radius 3 is 2.55 bits per heavy atom. The van der Waals surface area contributed by atoms with Gasteiger partial charge in [0, 0.05) is 22.9 Å². The fourth-order valence-electron chi connectivity index (χ4n) is 1.77. The summed E-state index contributed by atoms with van der Waals surface area (Å²) in [6.07, 6.45) is 3.56. The molecular weight excluding hydrogens is 270 g/mol. The smallest absolute Gasteiger partial charge is 0.257 e. The summed E-state index contributed by atoms with van der Waals surface area (Å²) in [6.45, 7) is 2.06. The summed E-state index contributed by atoms with van der Waals surface area (Å²) in [7, 11) is 0. The first kappa shape index (κ1) is 12.9. The van der Waals surface area contributed by atoms with Crippen LogP contribution in [0, 0.1) is 0 Å². The van der Waals surface area contributed by atoms with E-state index in [2.05, 4.69) is 22.0 Å². The SMILES string of the molecule is CC(Sc1ccncc1)c1noc(-c2ccccc2)n1. The minimum absolute atomic E-state index is 0.124. The van der Waals surface area contributed by atoms with Crippen molar-refractivity contribution in [3.05, 3.63) is 60.7 Å². The maximum atomic E-state index is 5.32. The third kappa shape index (κ3) is 2.88. The van der Waals surface area contributed by atoms with Crippen LogP contribution in [0.25, 0.3) is 11.5 Å². The van der Waals surface area contributed by atoms with Gasteiger partial charge in [-0.15, -0.1) is 11.8 Å². The van der Waals surface area contributed by atoms with Gasteiger partial charge in [0.25, 0.3) is 5.89 Å². The normalized spacial score (nSPS) is 12.2. The van der Waals surface area contributed by atoms with Gasteiger partial charge in [0.05, 0.1) is 5.25 Å². The molecule has 0 radical (unpaired) electrons. The molecule has 20 heavy (non-hydrogen) atoms. The number of hydrogen-bond acceptors (Lipinski definition) is 5. The molecule has 3 aromatic rings. The number of rotatable bonds is 4. The van der Waals surface area contributed by atoms with E-state index in [4.69, 9.17) is 4.52 Å². The van der Waals surface area contributed by atoms with E-state index in [0.29, 0.717) is 11.7 Å². The van der Waals surface area contributed by atoms with Crippen molar-refractivity contribution in [1.82, 2.24) is 15.1 Å². The van der Waals surface area contributed by atoms with Crippen LogP contribution in [0.2, 0.25) is 0 Å². The van der Waals surface area contributed by atoms with E-state index in [9.17, 15) is 0 Å². The lowest BCUT2D eigenvalue weighted by molar-refractivity contribution is 0.423. The summed E-state index contributed by atoms with van der Waals surface area (Å²) in [5.74, 6) is 1.26. The van der Waals surface area contributed by atoms with Crippen molar-refractivity contribution in [1.29, 1.82) is 0 Å². The maximum absolute atomic E-state index is 5.32. The Bertz CT molecular complexity index is 670. The molecule has 0 aliphatic heterocycles. The largest absolute Gasteiger partial charge is 0.334 e. The standard InChI is InChI=1S/C15H13N3OS/c1-11(20-13-7-9-16-10-8-13)14-17-15(19-18-14)12-5-3-2-4-6-12/h2-11H,1H3. The molecule has 0 fully saturated rings. The average Bonchev–Trinajstić information content (AvgIpc) is 2.99. The highest BCUT2D eigenvalue weighted by Crippen LogP contribution is 2.33. The molecule has 2 aromatic heterocycles. The fraction of sp³-hybridized carbons (Fsp3) is 0.133. The van der Waals surface area contributed by atoms with Gasteiger partial charge in [-0.05, 0) is 31.2 Å². The molecule has 5 heteroatoms. The average molecular weight is 283 g/mol. The molecule has 0 amide bonds. The molecule has 0 saturated heterocycles. The Kier molecular flexibility index (Phi) is 3.78. The van der Waals surface area contributed by atoms with Gasteiger partial charge in [0.1, 0.15) is 0 Å². The van der Waals surface area contributed by atoms with E-state index < -0.39 is 0 Å². The molecule has 3 rings (SSSR count). The molecule has 0 saturated carbocycles. The molecule has 4 nitrogen and oxygen atoms in total. The first-order chi connectivity index (χ1) is 9.83. The summed E-state index contributed by atoms with van der Waals surface area (Å²) < 4.78 is 5.32. The highest BCUT2D eigenvalue weighted by molar-refractivity contribution is 7.99. The zero-order valence-corrected chi connectivity index (χ0v) is 11.7. The monoisotopic (exact) mass is 283 g/mol. The van der Waals surface area contributed by atoms with E-state index in [1.807, 2.05) is 42.5 Å². The molecule has 2 heterocycles. The number of benzene rings is 1. The van der Waals surface area contributed by atoms with Crippen LogP contribution in [0.4, 0.5) is 0 Å². The van der Waals surface area contributed by atoms with Crippen molar-refractivity contribution in [3.8, 4) is 11.5 Å². The van der Waals surface area contributed by atoms with Gasteiger partial charge in [-0.2, -0.15) is 4.98 Å². The number of thioether (sulfide) groups is 1. The van der Waals surface area contributed by atoms with Crippen molar-refractivity contribution in [2.75, 3.05) is 0 Å². The summed E-state index contributed by atoms with van der Waals surface area (Å²) in [5, 5.41) is 4.19. The minimum atomic E-state index is 0.124. The number of aromatic nitrogens is 3. The number of nitrogens with zero attached hydrogens (tertiary/aromatic N) is 3. The molecule has 1 aromatic carbocycles. The van der Waals surface area contributed by atoms with Gasteiger partial charge < -0.3 is 4.52 Å². The van der Waals surface area contributed by atoms with Crippen molar-refractivity contribution < 1.29 is 4.52 Å². The molecule has 100 valence electrons. The Morgan fingerprint density at radius 1 is 1.05 bits per heavy atom. The molecule has 0 spiro atoms. The first-order valence-corrected chi connectivity index (χ1v) is 7.16. The molecule has 1 atom stereocenters. The van der Waals surface area contributed by atoms with Crippen LogP contribution in [-0.2, 0) is 0 Å². The zero-order valence-electron chi connectivity index (χ0n) is 10.9. The van der Waals surface area contributed by atoms with E-state index in [1.165, 1.54) is 0 Å². The zero-order chi connectivity index (χ0) is 13.8. The van der Waals surface area contributed by atoms with Gasteiger partial charge in [0.15, 0.2) is 5.82 Å². The highest BCUT2D eigenvalue weighted by atomic mass is 32.2. The maximum Gasteiger partial charge on any atom is 0.257 e. The van der Waals surface area contributed by atoms with Crippen LogP contribution in [0.3, 0.4) is 0 Å². The lowest BCUT2D eigenvalue weighted by Crippen LogP contribution is -1.91. The first-order valence-electron chi connectivity index (χ1n) is 6.28. The van der Waals surface area contributed by atoms with E-state index >= 15 is 0 Å². The molecule has 1 unspecified atom stereocenters. The lowest BCUT2D eigenvalue weighted by atomic mass is 10.2. The second-order valence-electron chi connectivity index (χ2n) is 4.27. The third-order valence-corrected chi connectivity index (χ3v) is 3.90. The Balaban J connectivity index is 1.77. The van der Waals surface area contributed by atoms with Crippen LogP contribution in [0.5, 0.6) is 0 Å². The van der Waals surface area contributed by atoms with Gasteiger partial charge in [-0.3, -0.25) is 4.98 Å². The van der Waals surface area contributed by atoms with Crippen LogP contribution in [0.1, 0.15) is 18.0 Å². The van der Waals surface area contributed by atoms with E-state index in [1.54, 1.807) is 24.2 Å². The van der Waals surface area contributed by atoms with Crippen molar-refractivity contribution in [2.24, 2.45) is 0 Å². The molecule has 0 N–H and O–H groups in total. The lowest BCUT2D eigenvalue weighted by Gasteiger charge is -2.05. The topological polar surface area (TPSA) is 51.8 Å². The molecule has 0 bridgehead atoms. The van der Waals surface area contributed by atoms with E-state index in [-0.39, 0.29) is 5.25 Å². The third-order valence-electron chi connectivity index (χ3n) is 2.79. The van der Waals surface area contributed by atoms with Crippen molar-refractivity contribution in [3.63, 3.8) is 0 Å². The van der Waals surface area contributed by atoms with Crippen LogP contribution >= 0.6 is 11.8 Å². The fourth-order valence-corrected chi connectivity index (χ4v) is 2.66. The molecular formula is C15H13N3OS. The van der Waals surface area contributed by atoms with E-state index in [0.717, 1.165) is 10.5 Å². The van der Waals surface area contributed by atoms with Crippen LogP contribution in [-0.4, -0.2) is 15.1 Å². The Labute approximate surface area is 121 Å². The van der Waals surface area contributed by atoms with Gasteiger partial charge in [-0.1, -0.05) is 23.4 Å². The molecule has 0 aliphatic carbocycles. The Hall–Kier alpha value is -2.14. The summed E-state index contributed by atoms with van der Waals surface area (Å²) in [4.78, 5) is 9.61. The highest BCUT2D eigenvalue weighted by Gasteiger charge is 2.15. The second-order valence-corrected chi connectivity index (χ2v) is 5.68. The molecule has 0 aliphatic rings. The van der Waals surface area contributed by atoms with Crippen molar-refractivity contribution >= 4 is 11.8 Å². The quantitative estimate of drug-likeness (QED) is 0.678. The summed E-state index contributed by atoms with van der Waals surface area (Å²) in [6, 6.07) is 13.7. The van der Waals surface area contributed by atoms with Crippen molar-refractivity contribution in [2.45, 2.75) is 17.1 Å². The van der Waals surface area contributed by atoms with Crippen LogP contribution in [0.15, 0.2) is 64.3 Å². The Morgan fingerprint density at radius 2 is 1.80 bits per heavy atom. The van der Waals surface area contributed by atoms with Gasteiger partial charge in [0.2, 0.25) is 0 Å². The van der Waals surface area contributed by atoms with Crippen LogP contribution < -0.4 is 0 Å². The van der Waals surface area contributed by atoms with Gasteiger partial charge >= 0.3 is 0 Å². The predicted molar refractivity (Wildman–Crippen MR) is 78.2 cm³/mol. The summed E-state index contributed by atoms with van der Waals surface area (Å²) in [5.41, 5.74) is 0.937. The predicted octanol–water partition coefficient (Wildman–Crippen LogP) is 3.98. The number of pyridine rings is 1. The summed E-state index contributed by atoms with van der Waals surface area (Å²) >= 11 is 1.68. The second kappa shape index (κ2) is 5.88. The number of hydrogen-bond donors (Lipinski definition) is 0. The van der Waals surface area contributed by atoms with Gasteiger partial charge in [-0.25, -0.2) is 0 Å².